The molecule has 0 radical (unpaired) electrons. The first-order valence-electron chi connectivity index (χ1n) is 9.60. The van der Waals surface area contributed by atoms with E-state index < -0.39 is 23.5 Å². The molecule has 1 aliphatic heterocycles. The van der Waals surface area contributed by atoms with Crippen LogP contribution in [0.15, 0.2) is 35.1 Å². The highest BCUT2D eigenvalue weighted by atomic mass is 16.6. The maximum Gasteiger partial charge on any atom is 0.343 e. The van der Waals surface area contributed by atoms with Crippen LogP contribution in [0.1, 0.15) is 49.0 Å². The summed E-state index contributed by atoms with van der Waals surface area (Å²) in [5.41, 5.74) is -0.290. The van der Waals surface area contributed by atoms with Crippen molar-refractivity contribution in [2.45, 2.75) is 51.7 Å². The SMILES string of the molecule is CCCC1=CC2=C(CO1)C(=O)[C@@](C)(OC(=O)c1c(C)cc(OC)cc1O)[C@H](O)C2. The summed E-state index contributed by atoms with van der Waals surface area (Å²) in [5.74, 6) is -0.523. The zero-order valence-electron chi connectivity index (χ0n) is 17.1. The smallest absolute Gasteiger partial charge is 0.343 e. The number of ether oxygens (including phenoxy) is 3. The van der Waals surface area contributed by atoms with Gasteiger partial charge in [-0.05, 0) is 43.5 Å². The van der Waals surface area contributed by atoms with Crippen molar-refractivity contribution in [2.75, 3.05) is 13.7 Å². The number of esters is 1. The van der Waals surface area contributed by atoms with Gasteiger partial charge < -0.3 is 24.4 Å². The molecule has 1 aromatic carbocycles. The van der Waals surface area contributed by atoms with E-state index in [1.54, 1.807) is 19.1 Å². The molecule has 0 unspecified atom stereocenters. The van der Waals surface area contributed by atoms with Crippen molar-refractivity contribution in [1.29, 1.82) is 0 Å². The van der Waals surface area contributed by atoms with Crippen LogP contribution in [0, 0.1) is 6.92 Å². The summed E-state index contributed by atoms with van der Waals surface area (Å²) in [5, 5.41) is 20.9. The monoisotopic (exact) mass is 402 g/mol. The predicted molar refractivity (Wildman–Crippen MR) is 105 cm³/mol. The van der Waals surface area contributed by atoms with E-state index in [-0.39, 0.29) is 24.3 Å². The van der Waals surface area contributed by atoms with Gasteiger partial charge in [0.2, 0.25) is 5.78 Å². The van der Waals surface area contributed by atoms with Gasteiger partial charge in [0.05, 0.1) is 12.9 Å². The first-order chi connectivity index (χ1) is 13.7. The Bertz CT molecular complexity index is 889. The van der Waals surface area contributed by atoms with Crippen molar-refractivity contribution >= 4 is 11.8 Å². The van der Waals surface area contributed by atoms with Gasteiger partial charge >= 0.3 is 5.97 Å². The molecule has 0 aromatic heterocycles. The van der Waals surface area contributed by atoms with Crippen LogP contribution >= 0.6 is 0 Å². The van der Waals surface area contributed by atoms with Crippen LogP contribution in [0.2, 0.25) is 0 Å². The van der Waals surface area contributed by atoms with Crippen LogP contribution in [-0.2, 0) is 14.3 Å². The van der Waals surface area contributed by atoms with E-state index in [0.29, 0.717) is 22.5 Å². The molecular formula is C22H26O7. The van der Waals surface area contributed by atoms with E-state index in [9.17, 15) is 19.8 Å². The number of allylic oxidation sites excluding steroid dienone is 2. The van der Waals surface area contributed by atoms with Gasteiger partial charge in [0.15, 0.2) is 5.60 Å². The number of Topliss-reactive ketones (excluding diaryl/α,β-unsaturated/α-hetero) is 1. The Labute approximate surface area is 169 Å². The van der Waals surface area contributed by atoms with Gasteiger partial charge in [0, 0.05) is 24.5 Å². The van der Waals surface area contributed by atoms with E-state index in [0.717, 1.165) is 18.6 Å². The Morgan fingerprint density at radius 1 is 1.38 bits per heavy atom. The highest BCUT2D eigenvalue weighted by Gasteiger charge is 2.50. The average Bonchev–Trinajstić information content (AvgIpc) is 2.66. The molecule has 2 atom stereocenters. The van der Waals surface area contributed by atoms with E-state index in [2.05, 4.69) is 0 Å². The van der Waals surface area contributed by atoms with Crippen molar-refractivity contribution in [1.82, 2.24) is 0 Å². The van der Waals surface area contributed by atoms with Gasteiger partial charge in [-0.25, -0.2) is 4.79 Å². The van der Waals surface area contributed by atoms with Gasteiger partial charge in [0.1, 0.15) is 29.8 Å². The van der Waals surface area contributed by atoms with E-state index >= 15 is 0 Å². The number of hydrogen-bond acceptors (Lipinski definition) is 7. The number of phenolic OH excluding ortho intramolecular Hbond substituents is 1. The summed E-state index contributed by atoms with van der Waals surface area (Å²) < 4.78 is 16.2. The third kappa shape index (κ3) is 3.74. The van der Waals surface area contributed by atoms with Crippen LogP contribution in [0.4, 0.5) is 0 Å². The number of aliphatic hydroxyl groups is 1. The van der Waals surface area contributed by atoms with E-state index in [1.165, 1.54) is 20.1 Å². The third-order valence-corrected chi connectivity index (χ3v) is 5.43. The second-order valence-electron chi connectivity index (χ2n) is 7.54. The fourth-order valence-electron chi connectivity index (χ4n) is 3.70. The Kier molecular flexibility index (Phi) is 5.71. The number of rotatable bonds is 5. The first-order valence-corrected chi connectivity index (χ1v) is 9.60. The summed E-state index contributed by atoms with van der Waals surface area (Å²) >= 11 is 0. The minimum Gasteiger partial charge on any atom is -0.507 e. The summed E-state index contributed by atoms with van der Waals surface area (Å²) in [6.07, 6.45) is 2.42. The second-order valence-corrected chi connectivity index (χ2v) is 7.54. The number of carbonyl (C=O) groups excluding carboxylic acids is 2. The molecule has 0 amide bonds. The van der Waals surface area contributed by atoms with Crippen molar-refractivity contribution in [3.63, 3.8) is 0 Å². The molecule has 2 aliphatic rings. The third-order valence-electron chi connectivity index (χ3n) is 5.43. The Morgan fingerprint density at radius 3 is 2.72 bits per heavy atom. The van der Waals surface area contributed by atoms with Gasteiger partial charge in [0.25, 0.3) is 0 Å². The maximum atomic E-state index is 13.1. The van der Waals surface area contributed by atoms with Crippen LogP contribution in [-0.4, -0.2) is 47.4 Å². The number of ketones is 1. The standard InChI is InChI=1S/C22H26O7/c1-5-6-14-8-13-9-18(24)22(3,20(25)16(13)11-28-14)29-21(26)19-12(2)7-15(27-4)10-17(19)23/h7-8,10,18,23-24H,5-6,9,11H2,1-4H3/t18-,22+/m1/s1. The number of phenols is 1. The molecule has 156 valence electrons. The van der Waals surface area contributed by atoms with Gasteiger partial charge in [-0.15, -0.1) is 0 Å². The minimum absolute atomic E-state index is 0.0724. The highest BCUT2D eigenvalue weighted by molar-refractivity contribution is 6.07. The maximum absolute atomic E-state index is 13.1. The topological polar surface area (TPSA) is 102 Å². The van der Waals surface area contributed by atoms with E-state index in [1.807, 2.05) is 6.92 Å². The lowest BCUT2D eigenvalue weighted by atomic mass is 9.77. The molecule has 7 heteroatoms. The molecule has 2 N–H and O–H groups in total. The quantitative estimate of drug-likeness (QED) is 0.730. The van der Waals surface area contributed by atoms with Crippen molar-refractivity contribution in [3.8, 4) is 11.5 Å². The number of carbonyl (C=O) groups is 2. The van der Waals surface area contributed by atoms with Crippen molar-refractivity contribution in [2.24, 2.45) is 0 Å². The summed E-state index contributed by atoms with van der Waals surface area (Å²) in [6, 6.07) is 2.87. The zero-order chi connectivity index (χ0) is 21.3. The molecule has 1 aliphatic carbocycles. The van der Waals surface area contributed by atoms with Gasteiger partial charge in [-0.3, -0.25) is 4.79 Å². The van der Waals surface area contributed by atoms with Crippen LogP contribution < -0.4 is 4.74 Å². The first kappa shape index (κ1) is 20.9. The molecule has 1 aromatic rings. The molecule has 0 fully saturated rings. The molecule has 7 nitrogen and oxygen atoms in total. The molecule has 0 saturated carbocycles. The van der Waals surface area contributed by atoms with Crippen molar-refractivity contribution in [3.05, 3.63) is 46.2 Å². The number of aryl methyl sites for hydroxylation is 1. The fraction of sp³-hybridized carbons (Fsp3) is 0.455. The second kappa shape index (κ2) is 7.91. The van der Waals surface area contributed by atoms with E-state index in [4.69, 9.17) is 14.2 Å². The molecular weight excluding hydrogens is 376 g/mol. The highest BCUT2D eigenvalue weighted by Crippen LogP contribution is 2.38. The summed E-state index contributed by atoms with van der Waals surface area (Å²) in [7, 11) is 1.45. The Morgan fingerprint density at radius 2 is 2.10 bits per heavy atom. The normalized spacial score (nSPS) is 23.8. The molecule has 0 saturated heterocycles. The molecule has 29 heavy (non-hydrogen) atoms. The molecule has 1 heterocycles. The number of aliphatic hydroxyl groups excluding tert-OH is 1. The van der Waals surface area contributed by atoms with Crippen LogP contribution in [0.3, 0.4) is 0 Å². The molecule has 3 rings (SSSR count). The Balaban J connectivity index is 1.90. The number of benzene rings is 1. The van der Waals surface area contributed by atoms with Gasteiger partial charge in [-0.2, -0.15) is 0 Å². The lowest BCUT2D eigenvalue weighted by Crippen LogP contribution is -2.54. The average molecular weight is 402 g/mol. The summed E-state index contributed by atoms with van der Waals surface area (Å²) in [4.78, 5) is 25.9. The number of hydrogen-bond donors (Lipinski definition) is 2. The number of methoxy groups -OCH3 is 1. The summed E-state index contributed by atoms with van der Waals surface area (Å²) in [6.45, 7) is 5.13. The largest absolute Gasteiger partial charge is 0.507 e. The Hall–Kier alpha value is -2.80. The fourth-order valence-corrected chi connectivity index (χ4v) is 3.70. The molecule has 0 spiro atoms. The lowest BCUT2D eigenvalue weighted by molar-refractivity contribution is -0.147. The zero-order valence-corrected chi connectivity index (χ0v) is 17.1. The predicted octanol–water partition coefficient (Wildman–Crippen LogP) is 2.97. The number of aromatic hydroxyl groups is 1. The van der Waals surface area contributed by atoms with Crippen molar-refractivity contribution < 1.29 is 34.0 Å². The van der Waals surface area contributed by atoms with Crippen LogP contribution in [0.25, 0.3) is 0 Å². The minimum atomic E-state index is -1.77. The molecule has 0 bridgehead atoms. The van der Waals surface area contributed by atoms with Crippen LogP contribution in [0.5, 0.6) is 11.5 Å². The van der Waals surface area contributed by atoms with Gasteiger partial charge in [-0.1, -0.05) is 6.92 Å². The lowest BCUT2D eigenvalue weighted by Gasteiger charge is -2.39.